The van der Waals surface area contributed by atoms with E-state index < -0.39 is 0 Å². The van der Waals surface area contributed by atoms with Gasteiger partial charge in [-0.25, -0.2) is 13.5 Å². The molecule has 29 heavy (non-hydrogen) atoms. The lowest BCUT2D eigenvalue weighted by Gasteiger charge is -2.22. The second-order valence-corrected chi connectivity index (χ2v) is 8.03. The Morgan fingerprint density at radius 3 is 2.59 bits per heavy atom. The van der Waals surface area contributed by atoms with E-state index >= 15 is 4.39 Å². The Labute approximate surface area is 167 Å². The first kappa shape index (κ1) is 18.3. The summed E-state index contributed by atoms with van der Waals surface area (Å²) in [4.78, 5) is 0. The van der Waals surface area contributed by atoms with Gasteiger partial charge in [0.15, 0.2) is 5.82 Å². The van der Waals surface area contributed by atoms with Crippen molar-refractivity contribution in [3.05, 3.63) is 59.9 Å². The molecule has 150 valence electrons. The van der Waals surface area contributed by atoms with E-state index in [-0.39, 0.29) is 23.8 Å². The molecule has 1 atom stereocenters. The Morgan fingerprint density at radius 2 is 1.90 bits per heavy atom. The lowest BCUT2D eigenvalue weighted by molar-refractivity contribution is -0.0391. The molecule has 5 rings (SSSR count). The van der Waals surface area contributed by atoms with Crippen molar-refractivity contribution < 1.29 is 13.5 Å². The molecule has 1 unspecified atom stereocenters. The van der Waals surface area contributed by atoms with Gasteiger partial charge in [-0.3, -0.25) is 0 Å². The minimum Gasteiger partial charge on any atom is -0.357 e. The number of nitrogens with zero attached hydrogens (tertiary/aromatic N) is 3. The van der Waals surface area contributed by atoms with Crippen LogP contribution < -0.4 is 0 Å². The van der Waals surface area contributed by atoms with Crippen molar-refractivity contribution in [3.63, 3.8) is 0 Å². The summed E-state index contributed by atoms with van der Waals surface area (Å²) >= 11 is 0. The topological polar surface area (TPSA) is 32.0 Å². The first-order chi connectivity index (χ1) is 14.0. The number of ether oxygens (including phenoxy) is 1. The smallest absolute Gasteiger partial charge is 0.160 e. The molecule has 1 aliphatic heterocycles. The monoisotopic (exact) mass is 395 g/mol. The molecule has 3 heterocycles. The maximum atomic E-state index is 15.5. The predicted octanol–water partition coefficient (Wildman–Crippen LogP) is 6.08. The largest absolute Gasteiger partial charge is 0.357 e. The van der Waals surface area contributed by atoms with Crippen molar-refractivity contribution in [2.75, 3.05) is 6.61 Å². The van der Waals surface area contributed by atoms with Crippen LogP contribution in [0.1, 0.15) is 50.9 Å². The van der Waals surface area contributed by atoms with E-state index in [0.29, 0.717) is 17.5 Å². The van der Waals surface area contributed by atoms with E-state index in [1.165, 1.54) is 12.1 Å². The van der Waals surface area contributed by atoms with Crippen molar-refractivity contribution in [3.8, 4) is 5.69 Å². The molecular weight excluding hydrogens is 372 g/mol. The van der Waals surface area contributed by atoms with E-state index in [0.717, 1.165) is 41.5 Å². The molecular formula is C23H23F2N3O. The van der Waals surface area contributed by atoms with Gasteiger partial charge in [0.1, 0.15) is 17.6 Å². The summed E-state index contributed by atoms with van der Waals surface area (Å²) in [5, 5.41) is 5.78. The molecule has 1 fully saturated rings. The Hall–Kier alpha value is -2.73. The third kappa shape index (κ3) is 3.02. The molecule has 0 spiro atoms. The van der Waals surface area contributed by atoms with Gasteiger partial charge < -0.3 is 9.30 Å². The molecule has 0 amide bonds. The van der Waals surface area contributed by atoms with Crippen molar-refractivity contribution in [1.29, 1.82) is 0 Å². The Kier molecular flexibility index (Phi) is 4.39. The molecule has 0 aliphatic carbocycles. The van der Waals surface area contributed by atoms with Crippen molar-refractivity contribution in [2.24, 2.45) is 0 Å². The Morgan fingerprint density at radius 1 is 1.10 bits per heavy atom. The maximum absolute atomic E-state index is 15.5. The van der Waals surface area contributed by atoms with Gasteiger partial charge >= 0.3 is 0 Å². The molecule has 1 aliphatic rings. The van der Waals surface area contributed by atoms with E-state index in [2.05, 4.69) is 18.9 Å². The molecule has 0 radical (unpaired) electrons. The third-order valence-corrected chi connectivity index (χ3v) is 5.69. The lowest BCUT2D eigenvalue weighted by Crippen LogP contribution is -2.18. The van der Waals surface area contributed by atoms with Gasteiger partial charge in [0.2, 0.25) is 0 Å². The van der Waals surface area contributed by atoms with E-state index in [4.69, 9.17) is 4.74 Å². The highest BCUT2D eigenvalue weighted by molar-refractivity contribution is 5.97. The summed E-state index contributed by atoms with van der Waals surface area (Å²) in [6.45, 7) is 4.84. The third-order valence-electron chi connectivity index (χ3n) is 5.69. The number of hydrogen-bond donors (Lipinski definition) is 0. The molecule has 4 nitrogen and oxygen atoms in total. The minimum atomic E-state index is -0.324. The van der Waals surface area contributed by atoms with Crippen molar-refractivity contribution in [2.45, 2.75) is 45.3 Å². The highest BCUT2D eigenvalue weighted by Gasteiger charge is 2.22. The summed E-state index contributed by atoms with van der Waals surface area (Å²) in [6, 6.07) is 10.2. The lowest BCUT2D eigenvalue weighted by atomic mass is 10.1. The molecule has 2 aromatic heterocycles. The van der Waals surface area contributed by atoms with Crippen LogP contribution in [0.15, 0.2) is 42.6 Å². The van der Waals surface area contributed by atoms with E-state index in [1.807, 2.05) is 22.9 Å². The first-order valence-electron chi connectivity index (χ1n) is 10.1. The normalized spacial score (nSPS) is 17.6. The number of halogens is 2. The van der Waals surface area contributed by atoms with Gasteiger partial charge in [0, 0.05) is 35.0 Å². The zero-order chi connectivity index (χ0) is 20.1. The standard InChI is InChI=1S/C23H23F2N3O/c1-14(2)19-12-18-20(28(19)17-8-6-16(24)7-9-17)11-15-13-27(26-23(15)22(18)25)21-5-3-4-10-29-21/h6-9,11-14,21H,3-5,10H2,1-2H3. The summed E-state index contributed by atoms with van der Waals surface area (Å²) < 4.78 is 38.5. The molecule has 4 aromatic rings. The highest BCUT2D eigenvalue weighted by Crippen LogP contribution is 2.35. The summed E-state index contributed by atoms with van der Waals surface area (Å²) in [5.41, 5.74) is 2.90. The van der Waals surface area contributed by atoms with Gasteiger partial charge in [0.05, 0.1) is 5.52 Å². The number of benzene rings is 2. The highest BCUT2D eigenvalue weighted by atomic mass is 19.1. The van der Waals surface area contributed by atoms with Crippen LogP contribution in [0.2, 0.25) is 0 Å². The maximum Gasteiger partial charge on any atom is 0.160 e. The molecule has 0 saturated carbocycles. The van der Waals surface area contributed by atoms with Gasteiger partial charge in [-0.1, -0.05) is 13.8 Å². The molecule has 0 bridgehead atoms. The molecule has 2 aromatic carbocycles. The molecule has 0 N–H and O–H groups in total. The van der Waals surface area contributed by atoms with E-state index in [1.54, 1.807) is 16.8 Å². The number of hydrogen-bond acceptors (Lipinski definition) is 2. The van der Waals surface area contributed by atoms with Crippen molar-refractivity contribution in [1.82, 2.24) is 14.3 Å². The first-order valence-corrected chi connectivity index (χ1v) is 10.1. The minimum absolute atomic E-state index is 0.139. The van der Waals surface area contributed by atoms with Crippen LogP contribution >= 0.6 is 0 Å². The molecule has 1 saturated heterocycles. The quantitative estimate of drug-likeness (QED) is 0.421. The van der Waals surface area contributed by atoms with Crippen LogP contribution in [0, 0.1) is 11.6 Å². The fraction of sp³-hybridized carbons (Fsp3) is 0.348. The number of aromatic nitrogens is 3. The average molecular weight is 395 g/mol. The van der Waals surface area contributed by atoms with Gasteiger partial charge in [-0.05, 0) is 61.6 Å². The fourth-order valence-corrected chi connectivity index (χ4v) is 4.20. The second kappa shape index (κ2) is 6.95. The second-order valence-electron chi connectivity index (χ2n) is 8.03. The van der Waals surface area contributed by atoms with Crippen LogP contribution in [0.3, 0.4) is 0 Å². The SMILES string of the molecule is CC(C)c1cc2c(F)c3nn(C4CCCCO4)cc3cc2n1-c1ccc(F)cc1. The zero-order valence-corrected chi connectivity index (χ0v) is 16.5. The van der Waals surface area contributed by atoms with E-state index in [9.17, 15) is 4.39 Å². The predicted molar refractivity (Wildman–Crippen MR) is 109 cm³/mol. The zero-order valence-electron chi connectivity index (χ0n) is 16.5. The van der Waals surface area contributed by atoms with Crippen LogP contribution in [0.4, 0.5) is 8.78 Å². The van der Waals surface area contributed by atoms with Gasteiger partial charge in [-0.2, -0.15) is 5.10 Å². The van der Waals surface area contributed by atoms with Gasteiger partial charge in [-0.15, -0.1) is 0 Å². The average Bonchev–Trinajstić information content (AvgIpc) is 3.32. The number of fused-ring (bicyclic) bond motifs is 2. The fourth-order valence-electron chi connectivity index (χ4n) is 4.20. The number of rotatable bonds is 3. The molecule has 6 heteroatoms. The van der Waals surface area contributed by atoms with Crippen LogP contribution in [-0.2, 0) is 4.74 Å². The Bertz CT molecular complexity index is 1180. The van der Waals surface area contributed by atoms with Crippen molar-refractivity contribution >= 4 is 21.8 Å². The van der Waals surface area contributed by atoms with Gasteiger partial charge in [0.25, 0.3) is 0 Å². The van der Waals surface area contributed by atoms with Crippen LogP contribution in [0.5, 0.6) is 0 Å². The summed E-state index contributed by atoms with van der Waals surface area (Å²) in [7, 11) is 0. The summed E-state index contributed by atoms with van der Waals surface area (Å²) in [5.74, 6) is -0.441. The Balaban J connectivity index is 1.73. The summed E-state index contributed by atoms with van der Waals surface area (Å²) in [6.07, 6.45) is 4.74. The van der Waals surface area contributed by atoms with Crippen LogP contribution in [0.25, 0.3) is 27.5 Å². The van der Waals surface area contributed by atoms with Crippen LogP contribution in [-0.4, -0.2) is 21.0 Å².